The summed E-state index contributed by atoms with van der Waals surface area (Å²) in [6.45, 7) is 1.01. The van der Waals surface area contributed by atoms with E-state index in [1.165, 1.54) is 0 Å². The summed E-state index contributed by atoms with van der Waals surface area (Å²) < 4.78 is 5.23. The zero-order chi connectivity index (χ0) is 21.6. The predicted octanol–water partition coefficient (Wildman–Crippen LogP) is 2.98. The Morgan fingerprint density at radius 3 is 2.55 bits per heavy atom. The molecule has 31 heavy (non-hydrogen) atoms. The zero-order valence-corrected chi connectivity index (χ0v) is 18.0. The van der Waals surface area contributed by atoms with Crippen molar-refractivity contribution in [3.05, 3.63) is 65.7 Å². The number of amides is 2. The van der Waals surface area contributed by atoms with E-state index >= 15 is 0 Å². The van der Waals surface area contributed by atoms with E-state index in [-0.39, 0.29) is 29.9 Å². The molecule has 1 heterocycles. The average Bonchev–Trinajstić information content (AvgIpc) is 2.82. The Morgan fingerprint density at radius 1 is 1.06 bits per heavy atom. The Kier molecular flexibility index (Phi) is 6.87. The van der Waals surface area contributed by atoms with Crippen molar-refractivity contribution in [3.8, 4) is 5.75 Å². The highest BCUT2D eigenvalue weighted by atomic mass is 16.5. The Hall–Kier alpha value is -2.86. The van der Waals surface area contributed by atoms with Crippen molar-refractivity contribution in [3.63, 3.8) is 0 Å². The van der Waals surface area contributed by atoms with Crippen LogP contribution in [0, 0.1) is 5.92 Å². The van der Waals surface area contributed by atoms with Crippen LogP contribution in [-0.2, 0) is 11.2 Å². The minimum absolute atomic E-state index is 0.0177. The molecule has 2 amide bonds. The summed E-state index contributed by atoms with van der Waals surface area (Å²) in [7, 11) is 1.65. The smallest absolute Gasteiger partial charge is 0.253 e. The molecule has 1 saturated carbocycles. The largest absolute Gasteiger partial charge is 0.497 e. The normalized spacial score (nSPS) is 22.9. The monoisotopic (exact) mass is 421 g/mol. The van der Waals surface area contributed by atoms with Crippen LogP contribution in [0.1, 0.15) is 41.6 Å². The predicted molar refractivity (Wildman–Crippen MR) is 120 cm³/mol. The molecule has 0 radical (unpaired) electrons. The Balaban J connectivity index is 1.46. The fourth-order valence-electron chi connectivity index (χ4n) is 4.64. The van der Waals surface area contributed by atoms with E-state index in [1.807, 2.05) is 59.5 Å². The van der Waals surface area contributed by atoms with Crippen LogP contribution in [0.4, 0.5) is 0 Å². The SMILES string of the molecule is COc1ccc(CCN(CC2NC(=O)C3CCCCC3N2)C(=O)c2ccccc2)cc1. The minimum Gasteiger partial charge on any atom is -0.497 e. The van der Waals surface area contributed by atoms with Crippen molar-refractivity contribution >= 4 is 11.8 Å². The van der Waals surface area contributed by atoms with Gasteiger partial charge in [0.25, 0.3) is 5.91 Å². The zero-order valence-electron chi connectivity index (χ0n) is 18.0. The molecule has 6 nitrogen and oxygen atoms in total. The van der Waals surface area contributed by atoms with E-state index in [2.05, 4.69) is 10.6 Å². The van der Waals surface area contributed by atoms with Gasteiger partial charge in [-0.25, -0.2) is 0 Å². The van der Waals surface area contributed by atoms with Gasteiger partial charge in [-0.15, -0.1) is 0 Å². The first-order valence-corrected chi connectivity index (χ1v) is 11.2. The summed E-state index contributed by atoms with van der Waals surface area (Å²) in [4.78, 5) is 27.8. The molecule has 2 aromatic carbocycles. The number of methoxy groups -OCH3 is 1. The molecule has 2 aromatic rings. The summed E-state index contributed by atoms with van der Waals surface area (Å²) in [6, 6.07) is 17.5. The van der Waals surface area contributed by atoms with Crippen LogP contribution in [-0.4, -0.2) is 49.1 Å². The summed E-state index contributed by atoms with van der Waals surface area (Å²) in [6.07, 6.45) is 4.73. The molecule has 164 valence electrons. The van der Waals surface area contributed by atoms with Gasteiger partial charge in [-0.3, -0.25) is 14.9 Å². The summed E-state index contributed by atoms with van der Waals surface area (Å²) in [5, 5.41) is 6.70. The van der Waals surface area contributed by atoms with Gasteiger partial charge in [0, 0.05) is 18.2 Å². The third-order valence-electron chi connectivity index (χ3n) is 6.37. The molecule has 0 bridgehead atoms. The molecule has 2 aliphatic rings. The highest BCUT2D eigenvalue weighted by Gasteiger charge is 2.38. The second kappa shape index (κ2) is 9.96. The first kappa shape index (κ1) is 21.4. The highest BCUT2D eigenvalue weighted by molar-refractivity contribution is 5.94. The molecular formula is C25H31N3O3. The molecule has 4 rings (SSSR count). The van der Waals surface area contributed by atoms with E-state index in [0.717, 1.165) is 43.4 Å². The molecule has 0 spiro atoms. The summed E-state index contributed by atoms with van der Waals surface area (Å²) >= 11 is 0. The third-order valence-corrected chi connectivity index (χ3v) is 6.37. The number of hydrogen-bond donors (Lipinski definition) is 2. The van der Waals surface area contributed by atoms with Crippen LogP contribution in [0.3, 0.4) is 0 Å². The summed E-state index contributed by atoms with van der Waals surface area (Å²) in [5.74, 6) is 0.978. The van der Waals surface area contributed by atoms with Gasteiger partial charge in [-0.2, -0.15) is 0 Å². The molecule has 0 aromatic heterocycles. The van der Waals surface area contributed by atoms with Gasteiger partial charge in [0.1, 0.15) is 5.75 Å². The lowest BCUT2D eigenvalue weighted by Crippen LogP contribution is -2.65. The highest BCUT2D eigenvalue weighted by Crippen LogP contribution is 2.27. The first-order valence-electron chi connectivity index (χ1n) is 11.2. The van der Waals surface area contributed by atoms with E-state index in [9.17, 15) is 9.59 Å². The average molecular weight is 422 g/mol. The number of hydrogen-bond acceptors (Lipinski definition) is 4. The van der Waals surface area contributed by atoms with Crippen LogP contribution in [0.2, 0.25) is 0 Å². The minimum atomic E-state index is -0.227. The van der Waals surface area contributed by atoms with Crippen LogP contribution in [0.5, 0.6) is 5.75 Å². The van der Waals surface area contributed by atoms with Crippen molar-refractivity contribution in [2.45, 2.75) is 44.3 Å². The molecule has 1 saturated heterocycles. The lowest BCUT2D eigenvalue weighted by Gasteiger charge is -2.41. The second-order valence-corrected chi connectivity index (χ2v) is 8.44. The molecule has 2 fully saturated rings. The molecule has 6 heteroatoms. The van der Waals surface area contributed by atoms with Gasteiger partial charge in [-0.05, 0) is 49.1 Å². The fourth-order valence-corrected chi connectivity index (χ4v) is 4.64. The number of nitrogens with zero attached hydrogens (tertiary/aromatic N) is 1. The molecule has 3 unspecified atom stereocenters. The third kappa shape index (κ3) is 5.25. The van der Waals surface area contributed by atoms with Crippen molar-refractivity contribution in [2.75, 3.05) is 20.2 Å². The Morgan fingerprint density at radius 2 is 1.81 bits per heavy atom. The summed E-state index contributed by atoms with van der Waals surface area (Å²) in [5.41, 5.74) is 1.80. The maximum atomic E-state index is 13.3. The van der Waals surface area contributed by atoms with Gasteiger partial charge in [0.05, 0.1) is 25.7 Å². The van der Waals surface area contributed by atoms with Crippen LogP contribution >= 0.6 is 0 Å². The van der Waals surface area contributed by atoms with Crippen LogP contribution in [0.15, 0.2) is 54.6 Å². The molecule has 1 aliphatic carbocycles. The van der Waals surface area contributed by atoms with Gasteiger partial charge in [0.15, 0.2) is 0 Å². The maximum absolute atomic E-state index is 13.3. The number of benzene rings is 2. The Bertz CT molecular complexity index is 885. The van der Waals surface area contributed by atoms with Gasteiger partial charge >= 0.3 is 0 Å². The van der Waals surface area contributed by atoms with Gasteiger partial charge in [0.2, 0.25) is 5.91 Å². The number of nitrogens with one attached hydrogen (secondary N) is 2. The first-order chi connectivity index (χ1) is 15.1. The standard InChI is InChI=1S/C25H31N3O3/c1-31-20-13-11-18(12-14-20)15-16-28(25(30)19-7-3-2-4-8-19)17-23-26-22-10-6-5-9-21(22)24(29)27-23/h2-4,7-8,11-14,21-23,26H,5-6,9-10,15-17H2,1H3,(H,27,29). The number of fused-ring (bicyclic) bond motifs is 1. The van der Waals surface area contributed by atoms with Crippen molar-refractivity contribution < 1.29 is 14.3 Å². The van der Waals surface area contributed by atoms with Crippen molar-refractivity contribution in [2.24, 2.45) is 5.92 Å². The molecular weight excluding hydrogens is 390 g/mol. The number of rotatable bonds is 7. The van der Waals surface area contributed by atoms with Crippen molar-refractivity contribution in [1.29, 1.82) is 0 Å². The van der Waals surface area contributed by atoms with Gasteiger partial charge < -0.3 is 15.0 Å². The lowest BCUT2D eigenvalue weighted by atomic mass is 9.82. The fraction of sp³-hybridized carbons (Fsp3) is 0.440. The lowest BCUT2D eigenvalue weighted by molar-refractivity contribution is -0.131. The van der Waals surface area contributed by atoms with E-state index in [4.69, 9.17) is 4.74 Å². The van der Waals surface area contributed by atoms with E-state index in [1.54, 1.807) is 7.11 Å². The number of ether oxygens (including phenoxy) is 1. The van der Waals surface area contributed by atoms with Crippen molar-refractivity contribution in [1.82, 2.24) is 15.5 Å². The molecule has 1 aliphatic heterocycles. The van der Waals surface area contributed by atoms with Gasteiger partial charge in [-0.1, -0.05) is 43.2 Å². The topological polar surface area (TPSA) is 70.7 Å². The number of carbonyl (C=O) groups excluding carboxylic acids is 2. The number of carbonyl (C=O) groups is 2. The maximum Gasteiger partial charge on any atom is 0.253 e. The molecule has 2 N–H and O–H groups in total. The van der Waals surface area contributed by atoms with Crippen LogP contribution in [0.25, 0.3) is 0 Å². The Labute approximate surface area is 184 Å². The van der Waals surface area contributed by atoms with E-state index < -0.39 is 0 Å². The second-order valence-electron chi connectivity index (χ2n) is 8.44. The quantitative estimate of drug-likeness (QED) is 0.721. The molecule has 3 atom stereocenters. The van der Waals surface area contributed by atoms with Crippen LogP contribution < -0.4 is 15.4 Å². The van der Waals surface area contributed by atoms with E-state index in [0.29, 0.717) is 18.7 Å².